The SMILES string of the molecule is CN=C(NC1CCN(c2cccc(C)n2)CC1)NC1CC1c1ccc(Br)cc1. The van der Waals surface area contributed by atoms with Gasteiger partial charge in [-0.2, -0.15) is 0 Å². The maximum atomic E-state index is 4.66. The van der Waals surface area contributed by atoms with E-state index in [0.717, 1.165) is 47.9 Å². The average molecular weight is 442 g/mol. The molecule has 0 amide bonds. The quantitative estimate of drug-likeness (QED) is 0.558. The van der Waals surface area contributed by atoms with Gasteiger partial charge in [0.05, 0.1) is 0 Å². The molecule has 2 aliphatic rings. The van der Waals surface area contributed by atoms with Gasteiger partial charge in [-0.25, -0.2) is 4.98 Å². The predicted octanol–water partition coefficient (Wildman–Crippen LogP) is 3.84. The number of hydrogen-bond donors (Lipinski definition) is 2. The Morgan fingerprint density at radius 3 is 2.54 bits per heavy atom. The third kappa shape index (κ3) is 4.66. The summed E-state index contributed by atoms with van der Waals surface area (Å²) in [5, 5.41) is 7.23. The van der Waals surface area contributed by atoms with E-state index in [1.54, 1.807) is 0 Å². The van der Waals surface area contributed by atoms with Crippen molar-refractivity contribution in [3.8, 4) is 0 Å². The molecule has 2 aromatic rings. The summed E-state index contributed by atoms with van der Waals surface area (Å²) in [5.41, 5.74) is 2.47. The van der Waals surface area contributed by atoms with Crippen LogP contribution in [0.3, 0.4) is 0 Å². The van der Waals surface area contributed by atoms with E-state index in [4.69, 9.17) is 0 Å². The Bertz CT molecular complexity index is 827. The monoisotopic (exact) mass is 441 g/mol. The van der Waals surface area contributed by atoms with Crippen molar-refractivity contribution in [2.45, 2.75) is 44.2 Å². The van der Waals surface area contributed by atoms with Crippen LogP contribution in [0.2, 0.25) is 0 Å². The number of aryl methyl sites for hydroxylation is 1. The first-order chi connectivity index (χ1) is 13.6. The Labute approximate surface area is 175 Å². The number of halogens is 1. The summed E-state index contributed by atoms with van der Waals surface area (Å²) in [7, 11) is 1.86. The lowest BCUT2D eigenvalue weighted by Crippen LogP contribution is -2.49. The molecule has 5 nitrogen and oxygen atoms in total. The van der Waals surface area contributed by atoms with E-state index in [9.17, 15) is 0 Å². The van der Waals surface area contributed by atoms with E-state index in [1.165, 1.54) is 12.0 Å². The summed E-state index contributed by atoms with van der Waals surface area (Å²) < 4.78 is 1.13. The topological polar surface area (TPSA) is 52.6 Å². The van der Waals surface area contributed by atoms with Crippen LogP contribution in [-0.2, 0) is 0 Å². The second-order valence-corrected chi connectivity index (χ2v) is 8.68. The van der Waals surface area contributed by atoms with Crippen molar-refractivity contribution in [2.24, 2.45) is 4.99 Å². The van der Waals surface area contributed by atoms with E-state index in [-0.39, 0.29) is 0 Å². The minimum absolute atomic E-state index is 0.456. The van der Waals surface area contributed by atoms with Gasteiger partial charge in [0.1, 0.15) is 5.82 Å². The van der Waals surface area contributed by atoms with Gasteiger partial charge in [0, 0.05) is 48.3 Å². The number of hydrogen-bond acceptors (Lipinski definition) is 3. The molecule has 1 saturated heterocycles. The maximum absolute atomic E-state index is 4.66. The fourth-order valence-corrected chi connectivity index (χ4v) is 4.19. The number of benzene rings is 1. The smallest absolute Gasteiger partial charge is 0.191 e. The van der Waals surface area contributed by atoms with Crippen molar-refractivity contribution in [1.82, 2.24) is 15.6 Å². The van der Waals surface area contributed by atoms with Gasteiger partial charge in [-0.15, -0.1) is 0 Å². The predicted molar refractivity (Wildman–Crippen MR) is 119 cm³/mol. The van der Waals surface area contributed by atoms with Crippen molar-refractivity contribution in [2.75, 3.05) is 25.0 Å². The molecule has 2 fully saturated rings. The molecule has 0 radical (unpaired) electrons. The molecule has 28 heavy (non-hydrogen) atoms. The largest absolute Gasteiger partial charge is 0.356 e. The van der Waals surface area contributed by atoms with Gasteiger partial charge in [0.2, 0.25) is 0 Å². The summed E-state index contributed by atoms with van der Waals surface area (Å²) in [6.45, 7) is 4.10. The van der Waals surface area contributed by atoms with Crippen LogP contribution in [-0.4, -0.2) is 43.2 Å². The molecule has 2 heterocycles. The van der Waals surface area contributed by atoms with Crippen molar-refractivity contribution in [3.63, 3.8) is 0 Å². The molecule has 1 aromatic heterocycles. The Morgan fingerprint density at radius 1 is 1.11 bits per heavy atom. The number of guanidine groups is 1. The molecular weight excluding hydrogens is 414 g/mol. The lowest BCUT2D eigenvalue weighted by molar-refractivity contribution is 0.459. The highest BCUT2D eigenvalue weighted by Gasteiger charge is 2.39. The molecule has 1 aliphatic heterocycles. The molecule has 2 atom stereocenters. The second-order valence-electron chi connectivity index (χ2n) is 7.76. The number of pyridine rings is 1. The average Bonchev–Trinajstić information content (AvgIpc) is 3.47. The molecule has 1 aromatic carbocycles. The van der Waals surface area contributed by atoms with Crippen LogP contribution in [0, 0.1) is 6.92 Å². The summed E-state index contributed by atoms with van der Waals surface area (Å²) in [6, 6.07) is 15.8. The van der Waals surface area contributed by atoms with Crippen LogP contribution in [0.5, 0.6) is 0 Å². The van der Waals surface area contributed by atoms with Crippen LogP contribution in [0.15, 0.2) is 51.9 Å². The Morgan fingerprint density at radius 2 is 1.86 bits per heavy atom. The molecule has 1 saturated carbocycles. The fraction of sp³-hybridized carbons (Fsp3) is 0.455. The van der Waals surface area contributed by atoms with E-state index >= 15 is 0 Å². The van der Waals surface area contributed by atoms with Gasteiger partial charge in [-0.1, -0.05) is 34.1 Å². The van der Waals surface area contributed by atoms with Crippen LogP contribution in [0.1, 0.15) is 36.4 Å². The first kappa shape index (κ1) is 19.2. The Hall–Kier alpha value is -2.08. The molecule has 2 N–H and O–H groups in total. The summed E-state index contributed by atoms with van der Waals surface area (Å²) in [6.07, 6.45) is 3.36. The third-order valence-corrected chi connectivity index (χ3v) is 6.20. The second kappa shape index (κ2) is 8.52. The lowest BCUT2D eigenvalue weighted by Gasteiger charge is -2.34. The normalized spacial score (nSPS) is 22.8. The molecule has 148 valence electrons. The minimum Gasteiger partial charge on any atom is -0.356 e. The van der Waals surface area contributed by atoms with Crippen LogP contribution in [0.4, 0.5) is 5.82 Å². The maximum Gasteiger partial charge on any atom is 0.191 e. The number of aromatic nitrogens is 1. The van der Waals surface area contributed by atoms with Crippen LogP contribution < -0.4 is 15.5 Å². The van der Waals surface area contributed by atoms with E-state index in [2.05, 4.69) is 77.8 Å². The summed E-state index contributed by atoms with van der Waals surface area (Å²) in [4.78, 5) is 11.5. The number of nitrogens with one attached hydrogen (secondary N) is 2. The number of rotatable bonds is 4. The third-order valence-electron chi connectivity index (χ3n) is 5.67. The molecule has 1 aliphatic carbocycles. The van der Waals surface area contributed by atoms with Gasteiger partial charge in [0.25, 0.3) is 0 Å². The van der Waals surface area contributed by atoms with E-state index in [1.807, 2.05) is 20.0 Å². The number of nitrogens with zero attached hydrogens (tertiary/aromatic N) is 3. The summed E-state index contributed by atoms with van der Waals surface area (Å²) >= 11 is 3.51. The zero-order valence-corrected chi connectivity index (χ0v) is 18.1. The van der Waals surface area contributed by atoms with Gasteiger partial charge >= 0.3 is 0 Å². The molecular formula is C22H28BrN5. The number of piperidine rings is 1. The highest BCUT2D eigenvalue weighted by molar-refractivity contribution is 9.10. The first-order valence-corrected chi connectivity index (χ1v) is 10.9. The Balaban J connectivity index is 1.26. The fourth-order valence-electron chi connectivity index (χ4n) is 3.93. The molecule has 4 rings (SSSR count). The highest BCUT2D eigenvalue weighted by Crippen LogP contribution is 2.41. The summed E-state index contributed by atoms with van der Waals surface area (Å²) in [5.74, 6) is 2.61. The van der Waals surface area contributed by atoms with Crippen molar-refractivity contribution in [1.29, 1.82) is 0 Å². The first-order valence-electron chi connectivity index (χ1n) is 10.1. The standard InChI is InChI=1S/C22H28BrN5/c1-15-4-3-5-21(25-15)28-12-10-18(11-13-28)26-22(24-2)27-20-14-19(20)16-6-8-17(23)9-7-16/h3-9,18-20H,10-14H2,1-2H3,(H2,24,26,27). The van der Waals surface area contributed by atoms with Crippen molar-refractivity contribution in [3.05, 3.63) is 58.2 Å². The molecule has 2 unspecified atom stereocenters. The number of anilines is 1. The zero-order valence-electron chi connectivity index (χ0n) is 16.5. The van der Waals surface area contributed by atoms with Gasteiger partial charge in [-0.3, -0.25) is 4.99 Å². The minimum atomic E-state index is 0.456. The molecule has 6 heteroatoms. The van der Waals surface area contributed by atoms with Crippen LogP contribution >= 0.6 is 15.9 Å². The van der Waals surface area contributed by atoms with Gasteiger partial charge in [-0.05, 0) is 56.0 Å². The van der Waals surface area contributed by atoms with Gasteiger partial charge < -0.3 is 15.5 Å². The highest BCUT2D eigenvalue weighted by atomic mass is 79.9. The van der Waals surface area contributed by atoms with E-state index in [0.29, 0.717) is 18.0 Å². The van der Waals surface area contributed by atoms with Gasteiger partial charge in [0.15, 0.2) is 5.96 Å². The van der Waals surface area contributed by atoms with E-state index < -0.39 is 0 Å². The van der Waals surface area contributed by atoms with Crippen LogP contribution in [0.25, 0.3) is 0 Å². The zero-order chi connectivity index (χ0) is 19.5. The Kier molecular flexibility index (Phi) is 5.85. The lowest BCUT2D eigenvalue weighted by atomic mass is 10.1. The van der Waals surface area contributed by atoms with Crippen molar-refractivity contribution < 1.29 is 0 Å². The molecule has 0 bridgehead atoms. The number of aliphatic imine (C=N–C) groups is 1. The van der Waals surface area contributed by atoms with Crippen molar-refractivity contribution >= 4 is 27.7 Å². The molecule has 0 spiro atoms.